The number of rotatable bonds is 19. The van der Waals surface area contributed by atoms with Gasteiger partial charge in [0.1, 0.15) is 6.10 Å². The van der Waals surface area contributed by atoms with E-state index in [1.165, 1.54) is 83.5 Å². The van der Waals surface area contributed by atoms with Crippen LogP contribution in [0.25, 0.3) is 0 Å². The summed E-state index contributed by atoms with van der Waals surface area (Å²) in [4.78, 5) is 22.9. The van der Waals surface area contributed by atoms with Gasteiger partial charge in [-0.3, -0.25) is 0 Å². The van der Waals surface area contributed by atoms with E-state index in [1.807, 2.05) is 0 Å². The Morgan fingerprint density at radius 2 is 1.26 bits per heavy atom. The number of cyclic esters (lactones) is 1. The van der Waals surface area contributed by atoms with E-state index in [0.717, 1.165) is 12.8 Å². The summed E-state index contributed by atoms with van der Waals surface area (Å²) < 4.78 is 9.60. The summed E-state index contributed by atoms with van der Waals surface area (Å²) in [5.41, 5.74) is 0. The fourth-order valence-corrected chi connectivity index (χ4v) is 3.89. The molecule has 0 bridgehead atoms. The number of hydrogen-bond acceptors (Lipinski definition) is 7. The average molecular weight is 445 g/mol. The van der Waals surface area contributed by atoms with Crippen molar-refractivity contribution in [1.82, 2.24) is 0 Å². The summed E-state index contributed by atoms with van der Waals surface area (Å²) in [6.07, 6.45) is 13.5. The van der Waals surface area contributed by atoms with Crippen LogP contribution in [-0.2, 0) is 19.1 Å². The van der Waals surface area contributed by atoms with Gasteiger partial charge in [-0.25, -0.2) is 9.59 Å². The number of aliphatic hydroxyl groups is 3. The Bertz CT molecular complexity index is 483. The van der Waals surface area contributed by atoms with Crippen LogP contribution < -0.4 is 0 Å². The molecule has 7 heteroatoms. The van der Waals surface area contributed by atoms with E-state index < -0.39 is 36.4 Å². The second kappa shape index (κ2) is 17.4. The number of hydrogen-bond donors (Lipinski definition) is 3. The van der Waals surface area contributed by atoms with Crippen LogP contribution in [-0.4, -0.2) is 58.3 Å². The molecule has 0 amide bonds. The molecule has 1 heterocycles. The molecule has 1 rings (SSSR count). The van der Waals surface area contributed by atoms with Gasteiger partial charge in [-0.05, 0) is 6.42 Å². The molecule has 1 saturated heterocycles. The summed E-state index contributed by atoms with van der Waals surface area (Å²) >= 11 is 0. The van der Waals surface area contributed by atoms with Gasteiger partial charge < -0.3 is 24.8 Å². The number of carbonyl (C=O) groups excluding carboxylic acids is 2. The number of carbonyl (C=O) groups is 2. The number of esters is 2. The van der Waals surface area contributed by atoms with E-state index in [-0.39, 0.29) is 6.61 Å². The van der Waals surface area contributed by atoms with Crippen LogP contribution in [0.15, 0.2) is 0 Å². The van der Waals surface area contributed by atoms with Crippen LogP contribution in [0.3, 0.4) is 0 Å². The molecule has 0 aliphatic carbocycles. The lowest BCUT2D eigenvalue weighted by atomic mass is 10.0. The molecule has 0 radical (unpaired) electrons. The van der Waals surface area contributed by atoms with Gasteiger partial charge in [0.15, 0.2) is 18.3 Å². The van der Waals surface area contributed by atoms with Gasteiger partial charge in [0.2, 0.25) is 0 Å². The molecule has 0 spiro atoms. The largest absolute Gasteiger partial charge is 0.464 e. The zero-order valence-corrected chi connectivity index (χ0v) is 19.3. The predicted octanol–water partition coefficient (Wildman–Crippen LogP) is 3.80. The van der Waals surface area contributed by atoms with E-state index in [9.17, 15) is 24.9 Å². The molecule has 1 aliphatic heterocycles. The van der Waals surface area contributed by atoms with Gasteiger partial charge in [-0.15, -0.1) is 0 Å². The lowest BCUT2D eigenvalue weighted by molar-refractivity contribution is -0.167. The quantitative estimate of drug-likeness (QED) is 0.205. The Hall–Kier alpha value is -1.18. The Kier molecular flexibility index (Phi) is 15.6. The molecular formula is C24H44O7. The molecule has 1 aliphatic rings. The van der Waals surface area contributed by atoms with Crippen molar-refractivity contribution < 1.29 is 34.4 Å². The zero-order chi connectivity index (χ0) is 22.9. The van der Waals surface area contributed by atoms with E-state index >= 15 is 0 Å². The molecule has 0 aromatic heterocycles. The highest BCUT2D eigenvalue weighted by atomic mass is 16.6. The van der Waals surface area contributed by atoms with Crippen molar-refractivity contribution >= 4 is 11.9 Å². The van der Waals surface area contributed by atoms with Crippen LogP contribution in [0.1, 0.15) is 110 Å². The van der Waals surface area contributed by atoms with E-state index in [1.54, 1.807) is 0 Å². The van der Waals surface area contributed by atoms with Crippen molar-refractivity contribution in [3.63, 3.8) is 0 Å². The minimum atomic E-state index is -1.79. The van der Waals surface area contributed by atoms with Crippen molar-refractivity contribution in [3.8, 4) is 0 Å². The Balaban J connectivity index is 1.86. The lowest BCUT2D eigenvalue weighted by Gasteiger charge is -2.18. The third-order valence-electron chi connectivity index (χ3n) is 5.95. The summed E-state index contributed by atoms with van der Waals surface area (Å²) in [5, 5.41) is 28.8. The maximum atomic E-state index is 11.8. The minimum Gasteiger partial charge on any atom is -0.464 e. The zero-order valence-electron chi connectivity index (χ0n) is 19.3. The molecule has 0 aromatic carbocycles. The normalized spacial score (nSPS) is 21.8. The molecule has 0 unspecified atom stereocenters. The van der Waals surface area contributed by atoms with E-state index in [0.29, 0.717) is 6.42 Å². The van der Waals surface area contributed by atoms with Crippen molar-refractivity contribution in [1.29, 1.82) is 0 Å². The second-order valence-electron chi connectivity index (χ2n) is 8.75. The van der Waals surface area contributed by atoms with Gasteiger partial charge in [-0.2, -0.15) is 0 Å². The topological polar surface area (TPSA) is 113 Å². The molecular weight excluding hydrogens is 400 g/mol. The van der Waals surface area contributed by atoms with E-state index in [4.69, 9.17) is 4.74 Å². The van der Waals surface area contributed by atoms with Gasteiger partial charge in [-0.1, -0.05) is 103 Å². The molecule has 0 aromatic rings. The molecule has 0 saturated carbocycles. The molecule has 1 fully saturated rings. The monoisotopic (exact) mass is 444 g/mol. The maximum absolute atomic E-state index is 11.8. The van der Waals surface area contributed by atoms with Crippen molar-refractivity contribution in [2.75, 3.05) is 6.61 Å². The first kappa shape index (κ1) is 27.9. The molecule has 182 valence electrons. The Labute approximate surface area is 187 Å². The number of unbranched alkanes of at least 4 members (excludes halogenated alkanes) is 15. The predicted molar refractivity (Wildman–Crippen MR) is 118 cm³/mol. The summed E-state index contributed by atoms with van der Waals surface area (Å²) in [6.45, 7) is 2.43. The molecule has 31 heavy (non-hydrogen) atoms. The fraction of sp³-hybridized carbons (Fsp3) is 0.917. The Morgan fingerprint density at radius 3 is 1.65 bits per heavy atom. The van der Waals surface area contributed by atoms with Crippen LogP contribution >= 0.6 is 0 Å². The van der Waals surface area contributed by atoms with Gasteiger partial charge in [0.05, 0.1) is 6.61 Å². The minimum absolute atomic E-state index is 0.174. The summed E-state index contributed by atoms with van der Waals surface area (Å²) in [7, 11) is 0. The molecule has 3 N–H and O–H groups in total. The second-order valence-corrected chi connectivity index (χ2v) is 8.75. The lowest BCUT2D eigenvalue weighted by Crippen LogP contribution is -2.43. The third kappa shape index (κ3) is 11.9. The smallest absolute Gasteiger partial charge is 0.339 e. The van der Waals surface area contributed by atoms with Crippen LogP contribution in [0.5, 0.6) is 0 Å². The first-order valence-electron chi connectivity index (χ1n) is 12.4. The maximum Gasteiger partial charge on any atom is 0.339 e. The first-order chi connectivity index (χ1) is 15.0. The highest BCUT2D eigenvalue weighted by molar-refractivity contribution is 5.81. The van der Waals surface area contributed by atoms with Crippen molar-refractivity contribution in [3.05, 3.63) is 0 Å². The van der Waals surface area contributed by atoms with E-state index in [2.05, 4.69) is 11.7 Å². The van der Waals surface area contributed by atoms with Crippen LogP contribution in [0.2, 0.25) is 0 Å². The number of ether oxygens (including phenoxy) is 2. The first-order valence-corrected chi connectivity index (χ1v) is 12.4. The molecule has 4 atom stereocenters. The highest BCUT2D eigenvalue weighted by Gasteiger charge is 2.48. The van der Waals surface area contributed by atoms with Gasteiger partial charge in [0, 0.05) is 0 Å². The molecule has 7 nitrogen and oxygen atoms in total. The summed E-state index contributed by atoms with van der Waals surface area (Å²) in [5.74, 6) is -2.01. The van der Waals surface area contributed by atoms with Crippen LogP contribution in [0.4, 0.5) is 0 Å². The van der Waals surface area contributed by atoms with Crippen molar-refractivity contribution in [2.24, 2.45) is 0 Å². The standard InChI is InChI=1S/C24H44O7/c1-2-3-4-5-6-7-8-9-10-11-12-13-14-15-16-17-18-30-23(28)21(27)22-19(25)20(26)24(29)31-22/h19-22,25-27H,2-18H2,1H3/t19-,20-,21+,22-/m1/s1. The van der Waals surface area contributed by atoms with Crippen LogP contribution in [0, 0.1) is 0 Å². The SMILES string of the molecule is CCCCCCCCCCCCCCCCCCOC(=O)[C@@H](O)[C@@H]1OC(=O)[C@H](O)[C@H]1O. The summed E-state index contributed by atoms with van der Waals surface area (Å²) in [6, 6.07) is 0. The number of aliphatic hydroxyl groups excluding tert-OH is 3. The third-order valence-corrected chi connectivity index (χ3v) is 5.95. The highest BCUT2D eigenvalue weighted by Crippen LogP contribution is 2.20. The average Bonchev–Trinajstić information content (AvgIpc) is 3.02. The van der Waals surface area contributed by atoms with Gasteiger partial charge >= 0.3 is 11.9 Å². The fourth-order valence-electron chi connectivity index (χ4n) is 3.89. The van der Waals surface area contributed by atoms with Crippen molar-refractivity contribution in [2.45, 2.75) is 134 Å². The van der Waals surface area contributed by atoms with Gasteiger partial charge in [0.25, 0.3) is 0 Å². The Morgan fingerprint density at radius 1 is 0.839 bits per heavy atom.